The second kappa shape index (κ2) is 9.47. The third-order valence-electron chi connectivity index (χ3n) is 5.81. The molecule has 0 fully saturated rings. The first kappa shape index (κ1) is 20.7. The maximum absolute atomic E-state index is 4.65. The van der Waals surface area contributed by atoms with E-state index in [1.54, 1.807) is 0 Å². The summed E-state index contributed by atoms with van der Waals surface area (Å²) < 4.78 is 0. The summed E-state index contributed by atoms with van der Waals surface area (Å²) in [7, 11) is 0. The maximum Gasteiger partial charge on any atom is 0.0425 e. The van der Waals surface area contributed by atoms with E-state index in [9.17, 15) is 0 Å². The van der Waals surface area contributed by atoms with E-state index in [-0.39, 0.29) is 5.41 Å². The number of benzene rings is 3. The second-order valence-electron chi connectivity index (χ2n) is 8.34. The molecule has 0 heterocycles. The Balaban J connectivity index is 2.06. The van der Waals surface area contributed by atoms with Crippen LogP contribution in [-0.4, -0.2) is 0 Å². The SMILES string of the molecule is CC(C)CCCCc1cc(S)ccc1C(C)(c1ccccc1)c1ccccc1. The molecule has 0 N–H and O–H groups in total. The van der Waals surface area contributed by atoms with Gasteiger partial charge in [-0.1, -0.05) is 93.4 Å². The topological polar surface area (TPSA) is 0 Å². The smallest absolute Gasteiger partial charge is 0.0425 e. The molecule has 1 heteroatoms. The lowest BCUT2D eigenvalue weighted by atomic mass is 9.69. The minimum atomic E-state index is -0.183. The van der Waals surface area contributed by atoms with Gasteiger partial charge >= 0.3 is 0 Å². The van der Waals surface area contributed by atoms with Crippen LogP contribution < -0.4 is 0 Å². The van der Waals surface area contributed by atoms with Crippen LogP contribution in [0.1, 0.15) is 62.3 Å². The van der Waals surface area contributed by atoms with Crippen molar-refractivity contribution in [3.8, 4) is 0 Å². The van der Waals surface area contributed by atoms with Gasteiger partial charge < -0.3 is 0 Å². The third kappa shape index (κ3) is 4.70. The molecular weight excluding hydrogens is 356 g/mol. The number of aryl methyl sites for hydroxylation is 1. The van der Waals surface area contributed by atoms with Crippen LogP contribution in [0, 0.1) is 5.92 Å². The molecule has 28 heavy (non-hydrogen) atoms. The van der Waals surface area contributed by atoms with Crippen molar-refractivity contribution in [1.29, 1.82) is 0 Å². The molecule has 0 aliphatic heterocycles. The van der Waals surface area contributed by atoms with E-state index >= 15 is 0 Å². The highest BCUT2D eigenvalue weighted by atomic mass is 32.1. The summed E-state index contributed by atoms with van der Waals surface area (Å²) in [5.41, 5.74) is 5.30. The summed E-state index contributed by atoms with van der Waals surface area (Å²) >= 11 is 4.65. The van der Waals surface area contributed by atoms with Gasteiger partial charge in [-0.05, 0) is 60.1 Å². The van der Waals surface area contributed by atoms with Crippen molar-refractivity contribution >= 4 is 12.6 Å². The predicted molar refractivity (Wildman–Crippen MR) is 125 cm³/mol. The molecule has 0 aromatic heterocycles. The van der Waals surface area contributed by atoms with Gasteiger partial charge in [-0.15, -0.1) is 12.6 Å². The fourth-order valence-corrected chi connectivity index (χ4v) is 4.39. The number of hydrogen-bond acceptors (Lipinski definition) is 1. The summed E-state index contributed by atoms with van der Waals surface area (Å²) in [4.78, 5) is 1.05. The standard InChI is InChI=1S/C27H32S/c1-21(2)12-10-11-13-22-20-25(28)18-19-26(22)27(3,23-14-6-4-7-15-23)24-16-8-5-9-17-24/h4-9,14-21,28H,10-13H2,1-3H3. The Morgan fingerprint density at radius 1 is 0.786 bits per heavy atom. The number of hydrogen-bond donors (Lipinski definition) is 1. The molecule has 0 saturated carbocycles. The van der Waals surface area contributed by atoms with Gasteiger partial charge in [0.15, 0.2) is 0 Å². The quantitative estimate of drug-likeness (QED) is 0.228. The van der Waals surface area contributed by atoms with Crippen LogP contribution in [0.3, 0.4) is 0 Å². The van der Waals surface area contributed by atoms with E-state index in [2.05, 4.69) is 112 Å². The Hall–Kier alpha value is -1.99. The zero-order chi connectivity index (χ0) is 20.0. The highest BCUT2D eigenvalue weighted by molar-refractivity contribution is 7.80. The molecule has 0 nitrogen and oxygen atoms in total. The lowest BCUT2D eigenvalue weighted by molar-refractivity contribution is 0.536. The Kier molecular flexibility index (Phi) is 7.02. The first-order chi connectivity index (χ1) is 13.5. The molecule has 0 spiro atoms. The molecule has 0 unspecified atom stereocenters. The van der Waals surface area contributed by atoms with Crippen LogP contribution in [0.25, 0.3) is 0 Å². The van der Waals surface area contributed by atoms with Gasteiger partial charge in [0.2, 0.25) is 0 Å². The van der Waals surface area contributed by atoms with E-state index in [1.807, 2.05) is 0 Å². The van der Waals surface area contributed by atoms with Gasteiger partial charge in [-0.3, -0.25) is 0 Å². The van der Waals surface area contributed by atoms with Crippen LogP contribution in [0.5, 0.6) is 0 Å². The third-order valence-corrected chi connectivity index (χ3v) is 6.09. The van der Waals surface area contributed by atoms with E-state index in [4.69, 9.17) is 0 Å². The van der Waals surface area contributed by atoms with Gasteiger partial charge in [0, 0.05) is 10.3 Å². The largest absolute Gasteiger partial charge is 0.143 e. The van der Waals surface area contributed by atoms with Crippen molar-refractivity contribution in [2.45, 2.75) is 56.8 Å². The summed E-state index contributed by atoms with van der Waals surface area (Å²) in [5.74, 6) is 0.773. The molecule has 0 bridgehead atoms. The van der Waals surface area contributed by atoms with Crippen molar-refractivity contribution < 1.29 is 0 Å². The lowest BCUT2D eigenvalue weighted by Gasteiger charge is -2.34. The molecular formula is C27H32S. The first-order valence-electron chi connectivity index (χ1n) is 10.4. The summed E-state index contributed by atoms with van der Waals surface area (Å²) in [5, 5.41) is 0. The average Bonchev–Trinajstić information content (AvgIpc) is 2.72. The van der Waals surface area contributed by atoms with E-state index in [1.165, 1.54) is 41.5 Å². The number of unbranched alkanes of at least 4 members (excludes halogenated alkanes) is 1. The van der Waals surface area contributed by atoms with Crippen molar-refractivity contribution in [3.63, 3.8) is 0 Å². The van der Waals surface area contributed by atoms with Gasteiger partial charge in [0.25, 0.3) is 0 Å². The van der Waals surface area contributed by atoms with Crippen LogP contribution in [0.4, 0.5) is 0 Å². The Morgan fingerprint density at radius 2 is 1.36 bits per heavy atom. The van der Waals surface area contributed by atoms with Gasteiger partial charge in [-0.2, -0.15) is 0 Å². The normalized spacial score (nSPS) is 11.8. The molecule has 3 rings (SSSR count). The molecule has 146 valence electrons. The molecule has 0 radical (unpaired) electrons. The van der Waals surface area contributed by atoms with Crippen LogP contribution >= 0.6 is 12.6 Å². The summed E-state index contributed by atoms with van der Waals surface area (Å²) in [6, 6.07) is 28.5. The van der Waals surface area contributed by atoms with Crippen LogP contribution in [0.15, 0.2) is 83.8 Å². The van der Waals surface area contributed by atoms with Crippen LogP contribution in [0.2, 0.25) is 0 Å². The lowest BCUT2D eigenvalue weighted by Crippen LogP contribution is -2.27. The van der Waals surface area contributed by atoms with E-state index < -0.39 is 0 Å². The molecule has 0 amide bonds. The van der Waals surface area contributed by atoms with Crippen molar-refractivity contribution in [3.05, 3.63) is 101 Å². The Bertz CT molecular complexity index is 826. The van der Waals surface area contributed by atoms with Gasteiger partial charge in [-0.25, -0.2) is 0 Å². The highest BCUT2D eigenvalue weighted by Gasteiger charge is 2.32. The van der Waals surface area contributed by atoms with Crippen molar-refractivity contribution in [1.82, 2.24) is 0 Å². The van der Waals surface area contributed by atoms with Crippen LogP contribution in [-0.2, 0) is 11.8 Å². The highest BCUT2D eigenvalue weighted by Crippen LogP contribution is 2.41. The summed E-state index contributed by atoms with van der Waals surface area (Å²) in [6.45, 7) is 6.98. The molecule has 0 aliphatic carbocycles. The molecule has 0 saturated heterocycles. The fraction of sp³-hybridized carbons (Fsp3) is 0.333. The Morgan fingerprint density at radius 3 is 1.89 bits per heavy atom. The first-order valence-corrected chi connectivity index (χ1v) is 10.9. The predicted octanol–water partition coefficient (Wildman–Crippen LogP) is 7.70. The maximum atomic E-state index is 4.65. The minimum absolute atomic E-state index is 0.183. The molecule has 3 aromatic rings. The fourth-order valence-electron chi connectivity index (χ4n) is 4.16. The number of rotatable bonds is 8. The molecule has 0 atom stereocenters. The zero-order valence-electron chi connectivity index (χ0n) is 17.4. The van der Waals surface area contributed by atoms with E-state index in [0.29, 0.717) is 0 Å². The van der Waals surface area contributed by atoms with Gasteiger partial charge in [0.1, 0.15) is 0 Å². The van der Waals surface area contributed by atoms with Crippen molar-refractivity contribution in [2.24, 2.45) is 5.92 Å². The summed E-state index contributed by atoms with van der Waals surface area (Å²) in [6.07, 6.45) is 4.90. The minimum Gasteiger partial charge on any atom is -0.143 e. The zero-order valence-corrected chi connectivity index (χ0v) is 18.3. The second-order valence-corrected chi connectivity index (χ2v) is 8.85. The molecule has 3 aromatic carbocycles. The number of thiol groups is 1. The van der Waals surface area contributed by atoms with Crippen molar-refractivity contribution in [2.75, 3.05) is 0 Å². The monoisotopic (exact) mass is 388 g/mol. The molecule has 0 aliphatic rings. The average molecular weight is 389 g/mol. The Labute approximate surface area is 176 Å². The van der Waals surface area contributed by atoms with Gasteiger partial charge in [0.05, 0.1) is 0 Å². The van der Waals surface area contributed by atoms with E-state index in [0.717, 1.165) is 17.2 Å².